The number of nitrogens with one attached hydrogen (secondary N) is 1. The van der Waals surface area contributed by atoms with E-state index in [2.05, 4.69) is 38.9 Å². The maximum atomic E-state index is 5.28. The molecular weight excluding hydrogens is 170 g/mol. The van der Waals surface area contributed by atoms with E-state index < -0.39 is 0 Å². The lowest BCUT2D eigenvalue weighted by molar-refractivity contribution is 0.272. The van der Waals surface area contributed by atoms with Gasteiger partial charge in [0.2, 0.25) is 0 Å². The summed E-state index contributed by atoms with van der Waals surface area (Å²) >= 11 is 0. The van der Waals surface area contributed by atoms with E-state index in [1.54, 1.807) is 0 Å². The molecule has 0 amide bonds. The second-order valence-corrected chi connectivity index (χ2v) is 4.93. The van der Waals surface area contributed by atoms with E-state index in [9.17, 15) is 0 Å². The van der Waals surface area contributed by atoms with Crippen LogP contribution in [0.2, 0.25) is 0 Å². The largest absolute Gasteiger partial charge is 0.314 e. The van der Waals surface area contributed by atoms with Crippen molar-refractivity contribution in [2.24, 2.45) is 5.41 Å². The predicted molar refractivity (Wildman–Crippen MR) is 64.2 cm³/mol. The van der Waals surface area contributed by atoms with Crippen molar-refractivity contribution in [2.45, 2.75) is 59.4 Å². The Morgan fingerprint density at radius 1 is 1.43 bits per heavy atom. The fourth-order valence-corrected chi connectivity index (χ4v) is 1.80. The first-order valence-electron chi connectivity index (χ1n) is 5.68. The first-order valence-corrected chi connectivity index (χ1v) is 5.68. The van der Waals surface area contributed by atoms with Gasteiger partial charge < -0.3 is 5.32 Å². The van der Waals surface area contributed by atoms with Gasteiger partial charge in [-0.15, -0.1) is 12.3 Å². The molecule has 0 rings (SSSR count). The van der Waals surface area contributed by atoms with Crippen molar-refractivity contribution in [3.63, 3.8) is 0 Å². The topological polar surface area (TPSA) is 12.0 Å². The first-order chi connectivity index (χ1) is 6.52. The molecule has 82 valence electrons. The van der Waals surface area contributed by atoms with Gasteiger partial charge in [0.1, 0.15) is 0 Å². The van der Waals surface area contributed by atoms with Gasteiger partial charge in [0.05, 0.1) is 0 Å². The molecule has 0 saturated heterocycles. The zero-order valence-electron chi connectivity index (χ0n) is 10.2. The standard InChI is InChI=1S/C13H25N/c1-6-8-9-13(4,5)11-12(3)14-10-7-2/h1,12,14H,7-11H2,2-5H3. The summed E-state index contributed by atoms with van der Waals surface area (Å²) in [5.41, 5.74) is 0.368. The Hall–Kier alpha value is -0.480. The lowest BCUT2D eigenvalue weighted by atomic mass is 9.82. The van der Waals surface area contributed by atoms with Crippen LogP contribution in [-0.2, 0) is 0 Å². The molecule has 1 unspecified atom stereocenters. The van der Waals surface area contributed by atoms with Gasteiger partial charge in [-0.3, -0.25) is 0 Å². The van der Waals surface area contributed by atoms with E-state index in [-0.39, 0.29) is 0 Å². The molecule has 0 aliphatic carbocycles. The molecule has 0 aromatic carbocycles. The lowest BCUT2D eigenvalue weighted by Crippen LogP contribution is -2.31. The average molecular weight is 195 g/mol. The summed E-state index contributed by atoms with van der Waals surface area (Å²) in [5.74, 6) is 2.72. The summed E-state index contributed by atoms with van der Waals surface area (Å²) in [6.07, 6.45) is 9.71. The second kappa shape index (κ2) is 6.90. The summed E-state index contributed by atoms with van der Waals surface area (Å²) < 4.78 is 0. The van der Waals surface area contributed by atoms with Crippen molar-refractivity contribution in [3.8, 4) is 12.3 Å². The van der Waals surface area contributed by atoms with Crippen LogP contribution in [-0.4, -0.2) is 12.6 Å². The summed E-state index contributed by atoms with van der Waals surface area (Å²) in [4.78, 5) is 0. The van der Waals surface area contributed by atoms with Crippen molar-refractivity contribution < 1.29 is 0 Å². The molecule has 0 saturated carbocycles. The molecule has 1 N–H and O–H groups in total. The van der Waals surface area contributed by atoms with Crippen LogP contribution in [0.3, 0.4) is 0 Å². The third-order valence-electron chi connectivity index (χ3n) is 2.55. The summed E-state index contributed by atoms with van der Waals surface area (Å²) in [6, 6.07) is 0.600. The van der Waals surface area contributed by atoms with Crippen LogP contribution in [0, 0.1) is 17.8 Å². The lowest BCUT2D eigenvalue weighted by Gasteiger charge is -2.28. The van der Waals surface area contributed by atoms with Crippen LogP contribution in [0.15, 0.2) is 0 Å². The molecule has 1 atom stereocenters. The summed E-state index contributed by atoms with van der Waals surface area (Å²) in [7, 11) is 0. The molecule has 0 aromatic rings. The maximum Gasteiger partial charge on any atom is 0.00911 e. The number of rotatable bonds is 7. The van der Waals surface area contributed by atoms with E-state index in [1.165, 1.54) is 12.8 Å². The third kappa shape index (κ3) is 6.97. The normalized spacial score (nSPS) is 13.6. The Kier molecular flexibility index (Phi) is 6.66. The van der Waals surface area contributed by atoms with E-state index >= 15 is 0 Å². The number of terminal acetylenes is 1. The van der Waals surface area contributed by atoms with Crippen molar-refractivity contribution in [3.05, 3.63) is 0 Å². The van der Waals surface area contributed by atoms with Gasteiger partial charge in [-0.2, -0.15) is 0 Å². The number of hydrogen-bond donors (Lipinski definition) is 1. The van der Waals surface area contributed by atoms with Gasteiger partial charge in [-0.05, 0) is 38.1 Å². The predicted octanol–water partition coefficient (Wildman–Crippen LogP) is 3.20. The van der Waals surface area contributed by atoms with Crippen molar-refractivity contribution >= 4 is 0 Å². The Labute approximate surface area is 89.7 Å². The molecule has 0 radical (unpaired) electrons. The highest BCUT2D eigenvalue weighted by Crippen LogP contribution is 2.27. The van der Waals surface area contributed by atoms with E-state index in [1.807, 2.05) is 0 Å². The second-order valence-electron chi connectivity index (χ2n) is 4.93. The fraction of sp³-hybridized carbons (Fsp3) is 0.846. The van der Waals surface area contributed by atoms with Gasteiger partial charge in [0, 0.05) is 12.5 Å². The van der Waals surface area contributed by atoms with Crippen LogP contribution >= 0.6 is 0 Å². The van der Waals surface area contributed by atoms with E-state index in [4.69, 9.17) is 6.42 Å². The molecule has 0 aliphatic heterocycles. The van der Waals surface area contributed by atoms with Gasteiger partial charge in [0.15, 0.2) is 0 Å². The molecule has 0 aliphatic rings. The zero-order chi connectivity index (χ0) is 11.0. The third-order valence-corrected chi connectivity index (χ3v) is 2.55. The van der Waals surface area contributed by atoms with Gasteiger partial charge in [-0.25, -0.2) is 0 Å². The minimum Gasteiger partial charge on any atom is -0.314 e. The molecule has 0 bridgehead atoms. The highest BCUT2D eigenvalue weighted by atomic mass is 14.9. The Morgan fingerprint density at radius 3 is 2.57 bits per heavy atom. The van der Waals surface area contributed by atoms with Gasteiger partial charge in [-0.1, -0.05) is 20.8 Å². The smallest absolute Gasteiger partial charge is 0.00911 e. The quantitative estimate of drug-likeness (QED) is 0.615. The first kappa shape index (κ1) is 13.5. The molecule has 1 nitrogen and oxygen atoms in total. The SMILES string of the molecule is C#CCCC(C)(C)CC(C)NCCC. The maximum absolute atomic E-state index is 5.28. The average Bonchev–Trinajstić information content (AvgIpc) is 2.11. The van der Waals surface area contributed by atoms with Crippen molar-refractivity contribution in [1.82, 2.24) is 5.32 Å². The molecule has 14 heavy (non-hydrogen) atoms. The van der Waals surface area contributed by atoms with Crippen LogP contribution < -0.4 is 5.32 Å². The molecule has 0 spiro atoms. The van der Waals surface area contributed by atoms with E-state index in [0.29, 0.717) is 11.5 Å². The van der Waals surface area contributed by atoms with Crippen LogP contribution in [0.5, 0.6) is 0 Å². The van der Waals surface area contributed by atoms with Crippen LogP contribution in [0.25, 0.3) is 0 Å². The zero-order valence-corrected chi connectivity index (χ0v) is 10.2. The number of hydrogen-bond acceptors (Lipinski definition) is 1. The van der Waals surface area contributed by atoms with Crippen LogP contribution in [0.4, 0.5) is 0 Å². The van der Waals surface area contributed by atoms with E-state index in [0.717, 1.165) is 19.4 Å². The van der Waals surface area contributed by atoms with Crippen molar-refractivity contribution in [2.75, 3.05) is 6.54 Å². The highest BCUT2D eigenvalue weighted by molar-refractivity contribution is 4.87. The Morgan fingerprint density at radius 2 is 2.07 bits per heavy atom. The monoisotopic (exact) mass is 195 g/mol. The summed E-state index contributed by atoms with van der Waals surface area (Å²) in [6.45, 7) is 10.2. The molecule has 0 aromatic heterocycles. The Balaban J connectivity index is 3.77. The van der Waals surface area contributed by atoms with Gasteiger partial charge in [0.25, 0.3) is 0 Å². The minimum atomic E-state index is 0.368. The molecule has 0 fully saturated rings. The van der Waals surface area contributed by atoms with Crippen molar-refractivity contribution in [1.29, 1.82) is 0 Å². The van der Waals surface area contributed by atoms with Gasteiger partial charge >= 0.3 is 0 Å². The molecule has 1 heteroatoms. The summed E-state index contributed by atoms with van der Waals surface area (Å²) in [5, 5.41) is 3.51. The fourth-order valence-electron chi connectivity index (χ4n) is 1.80. The van der Waals surface area contributed by atoms with Crippen LogP contribution in [0.1, 0.15) is 53.4 Å². The molecular formula is C13H25N. The molecule has 0 heterocycles. The Bertz CT molecular complexity index is 176. The minimum absolute atomic E-state index is 0.368. The highest BCUT2D eigenvalue weighted by Gasteiger charge is 2.19.